The third-order valence-corrected chi connectivity index (χ3v) is 5.43. The molecule has 2 fully saturated rings. The molecule has 3 rings (SSSR count). The Hall–Kier alpha value is -0.740. The summed E-state index contributed by atoms with van der Waals surface area (Å²) in [6.07, 6.45) is 2.68. The molecule has 3 nitrogen and oxygen atoms in total. The molecule has 2 heterocycles. The van der Waals surface area contributed by atoms with Gasteiger partial charge in [-0.2, -0.15) is 11.8 Å². The van der Waals surface area contributed by atoms with Crippen LogP contribution in [-0.2, 0) is 6.54 Å². The third-order valence-electron chi connectivity index (χ3n) is 4.24. The summed E-state index contributed by atoms with van der Waals surface area (Å²) in [5.74, 6) is 3.65. The van der Waals surface area contributed by atoms with Crippen molar-refractivity contribution in [2.45, 2.75) is 52.2 Å². The van der Waals surface area contributed by atoms with E-state index in [1.807, 2.05) is 0 Å². The first-order chi connectivity index (χ1) is 9.65. The second-order valence-corrected chi connectivity index (χ2v) is 7.31. The van der Waals surface area contributed by atoms with Crippen LogP contribution in [0.2, 0.25) is 0 Å². The molecule has 0 spiro atoms. The zero-order valence-electron chi connectivity index (χ0n) is 12.8. The van der Waals surface area contributed by atoms with Crippen LogP contribution in [0.4, 0.5) is 5.82 Å². The van der Waals surface area contributed by atoms with Gasteiger partial charge in [-0.25, -0.2) is 4.98 Å². The van der Waals surface area contributed by atoms with E-state index in [9.17, 15) is 0 Å². The van der Waals surface area contributed by atoms with Crippen LogP contribution in [0.1, 0.15) is 36.6 Å². The van der Waals surface area contributed by atoms with Gasteiger partial charge in [-0.1, -0.05) is 0 Å². The zero-order valence-corrected chi connectivity index (χ0v) is 13.6. The molecule has 0 radical (unpaired) electrons. The lowest BCUT2D eigenvalue weighted by atomic mass is 10.1. The van der Waals surface area contributed by atoms with Crippen LogP contribution in [-0.4, -0.2) is 35.1 Å². The standard InChI is InChI=1S/C16H25N3S/c1-11-8-12(2)18-16(15(11)9-17-14-4-5-14)19-6-7-20-10-13(19)3/h8,13-14,17H,4-7,9-10H2,1-3H3. The Labute approximate surface area is 126 Å². The summed E-state index contributed by atoms with van der Waals surface area (Å²) < 4.78 is 0. The molecular formula is C16H25N3S. The van der Waals surface area contributed by atoms with Crippen LogP contribution in [0.3, 0.4) is 0 Å². The number of nitrogens with zero attached hydrogens (tertiary/aromatic N) is 2. The largest absolute Gasteiger partial charge is 0.352 e. The quantitative estimate of drug-likeness (QED) is 0.923. The minimum atomic E-state index is 0.585. The number of rotatable bonds is 4. The second kappa shape index (κ2) is 5.94. The zero-order chi connectivity index (χ0) is 14.1. The van der Waals surface area contributed by atoms with Gasteiger partial charge in [-0.15, -0.1) is 0 Å². The van der Waals surface area contributed by atoms with Gasteiger partial charge in [0.15, 0.2) is 0 Å². The summed E-state index contributed by atoms with van der Waals surface area (Å²) in [5, 5.41) is 3.66. The molecule has 0 bridgehead atoms. The molecule has 1 atom stereocenters. The van der Waals surface area contributed by atoms with Crippen LogP contribution in [0.5, 0.6) is 0 Å². The topological polar surface area (TPSA) is 28.2 Å². The minimum absolute atomic E-state index is 0.585. The monoisotopic (exact) mass is 291 g/mol. The van der Waals surface area contributed by atoms with Gasteiger partial charge in [0, 0.05) is 47.9 Å². The van der Waals surface area contributed by atoms with Crippen molar-refractivity contribution in [2.24, 2.45) is 0 Å². The van der Waals surface area contributed by atoms with Gasteiger partial charge in [0.05, 0.1) is 0 Å². The molecule has 2 aliphatic rings. The maximum atomic E-state index is 4.88. The maximum Gasteiger partial charge on any atom is 0.133 e. The summed E-state index contributed by atoms with van der Waals surface area (Å²) in [5.41, 5.74) is 3.92. The van der Waals surface area contributed by atoms with Crippen molar-refractivity contribution in [3.63, 3.8) is 0 Å². The van der Waals surface area contributed by atoms with Gasteiger partial charge in [-0.05, 0) is 45.2 Å². The number of pyridine rings is 1. The second-order valence-electron chi connectivity index (χ2n) is 6.16. The smallest absolute Gasteiger partial charge is 0.133 e. The first kappa shape index (κ1) is 14.2. The van der Waals surface area contributed by atoms with E-state index >= 15 is 0 Å². The highest BCUT2D eigenvalue weighted by Crippen LogP contribution is 2.29. The number of hydrogen-bond acceptors (Lipinski definition) is 4. The number of anilines is 1. The number of nitrogens with one attached hydrogen (secondary N) is 1. The molecule has 1 aliphatic heterocycles. The van der Waals surface area contributed by atoms with Crippen LogP contribution in [0.15, 0.2) is 6.07 Å². The van der Waals surface area contributed by atoms with Crippen molar-refractivity contribution in [1.29, 1.82) is 0 Å². The lowest BCUT2D eigenvalue weighted by Crippen LogP contribution is -2.42. The maximum absolute atomic E-state index is 4.88. The van der Waals surface area contributed by atoms with E-state index in [0.717, 1.165) is 24.8 Å². The van der Waals surface area contributed by atoms with E-state index in [0.29, 0.717) is 6.04 Å². The first-order valence-electron chi connectivity index (χ1n) is 7.70. The molecule has 1 saturated heterocycles. The molecule has 4 heteroatoms. The average molecular weight is 291 g/mol. The Balaban J connectivity index is 1.89. The Morgan fingerprint density at radius 2 is 2.20 bits per heavy atom. The van der Waals surface area contributed by atoms with E-state index in [1.165, 1.54) is 41.3 Å². The van der Waals surface area contributed by atoms with E-state index in [-0.39, 0.29) is 0 Å². The van der Waals surface area contributed by atoms with E-state index < -0.39 is 0 Å². The molecule has 110 valence electrons. The molecule has 1 aromatic rings. The van der Waals surface area contributed by atoms with Gasteiger partial charge in [0.25, 0.3) is 0 Å². The van der Waals surface area contributed by atoms with Crippen LogP contribution in [0, 0.1) is 13.8 Å². The van der Waals surface area contributed by atoms with Crippen molar-refractivity contribution >= 4 is 17.6 Å². The van der Waals surface area contributed by atoms with Gasteiger partial charge in [0.1, 0.15) is 5.82 Å². The van der Waals surface area contributed by atoms with Gasteiger partial charge in [0.2, 0.25) is 0 Å². The van der Waals surface area contributed by atoms with E-state index in [4.69, 9.17) is 4.98 Å². The van der Waals surface area contributed by atoms with Crippen molar-refractivity contribution in [3.05, 3.63) is 22.9 Å². The van der Waals surface area contributed by atoms with Crippen LogP contribution >= 0.6 is 11.8 Å². The number of hydrogen-bond donors (Lipinski definition) is 1. The molecule has 1 aromatic heterocycles. The Kier molecular flexibility index (Phi) is 4.22. The van der Waals surface area contributed by atoms with Crippen LogP contribution < -0.4 is 10.2 Å². The number of thioether (sulfide) groups is 1. The Morgan fingerprint density at radius 1 is 1.40 bits per heavy atom. The average Bonchev–Trinajstić information content (AvgIpc) is 3.21. The van der Waals surface area contributed by atoms with Crippen molar-refractivity contribution in [3.8, 4) is 0 Å². The summed E-state index contributed by atoms with van der Waals surface area (Å²) >= 11 is 2.06. The van der Waals surface area contributed by atoms with Crippen molar-refractivity contribution < 1.29 is 0 Å². The first-order valence-corrected chi connectivity index (χ1v) is 8.85. The highest BCUT2D eigenvalue weighted by Gasteiger charge is 2.25. The lowest BCUT2D eigenvalue weighted by molar-refractivity contribution is 0.654. The third kappa shape index (κ3) is 3.12. The minimum Gasteiger partial charge on any atom is -0.352 e. The molecule has 1 N–H and O–H groups in total. The molecule has 1 aliphatic carbocycles. The predicted molar refractivity (Wildman–Crippen MR) is 87.7 cm³/mol. The van der Waals surface area contributed by atoms with Gasteiger partial charge >= 0.3 is 0 Å². The van der Waals surface area contributed by atoms with E-state index in [2.05, 4.69) is 48.8 Å². The highest BCUT2D eigenvalue weighted by molar-refractivity contribution is 7.99. The van der Waals surface area contributed by atoms with Crippen LogP contribution in [0.25, 0.3) is 0 Å². The summed E-state index contributed by atoms with van der Waals surface area (Å²) in [6.45, 7) is 8.75. The fraction of sp³-hybridized carbons (Fsp3) is 0.688. The summed E-state index contributed by atoms with van der Waals surface area (Å²) in [4.78, 5) is 7.40. The fourth-order valence-corrected chi connectivity index (χ4v) is 3.89. The number of aromatic nitrogens is 1. The summed E-state index contributed by atoms with van der Waals surface area (Å²) in [7, 11) is 0. The normalized spacial score (nSPS) is 23.1. The predicted octanol–water partition coefficient (Wildman–Crippen LogP) is 2.89. The van der Waals surface area contributed by atoms with Crippen molar-refractivity contribution in [2.75, 3.05) is 23.0 Å². The Bertz CT molecular complexity index is 485. The SMILES string of the molecule is Cc1cc(C)c(CNC2CC2)c(N2CCSCC2C)n1. The molecule has 1 unspecified atom stereocenters. The highest BCUT2D eigenvalue weighted by atomic mass is 32.2. The molecule has 0 amide bonds. The molecule has 0 aromatic carbocycles. The molecular weight excluding hydrogens is 266 g/mol. The lowest BCUT2D eigenvalue weighted by Gasteiger charge is -2.36. The van der Waals surface area contributed by atoms with Gasteiger partial charge in [-0.3, -0.25) is 0 Å². The van der Waals surface area contributed by atoms with Crippen molar-refractivity contribution in [1.82, 2.24) is 10.3 Å². The Morgan fingerprint density at radius 3 is 2.90 bits per heavy atom. The van der Waals surface area contributed by atoms with Gasteiger partial charge < -0.3 is 10.2 Å². The molecule has 20 heavy (non-hydrogen) atoms. The molecule has 1 saturated carbocycles. The fourth-order valence-electron chi connectivity index (χ4n) is 2.88. The summed E-state index contributed by atoms with van der Waals surface area (Å²) in [6, 6.07) is 3.55. The number of aryl methyl sites for hydroxylation is 2. The van der Waals surface area contributed by atoms with E-state index in [1.54, 1.807) is 0 Å².